The Kier molecular flexibility index (Phi) is 6.15. The van der Waals surface area contributed by atoms with Crippen molar-refractivity contribution in [2.45, 2.75) is 32.7 Å². The molecule has 0 aromatic heterocycles. The molecule has 0 aromatic rings. The van der Waals surface area contributed by atoms with Crippen molar-refractivity contribution < 1.29 is 23.1 Å². The molecule has 0 aliphatic heterocycles. The number of aliphatic carboxylic acids is 1. The van der Waals surface area contributed by atoms with E-state index >= 15 is 0 Å². The first-order chi connectivity index (χ1) is 7.63. The third-order valence-corrected chi connectivity index (χ3v) is 3.20. The molecule has 100 valence electrons. The molecular formula is C10H19NO5S. The Morgan fingerprint density at radius 3 is 2.18 bits per heavy atom. The molecule has 1 amide bonds. The SMILES string of the molecule is CC(C)C(NC(=O)CCCS(C)(=O)=O)C(=O)O. The normalized spacial score (nSPS) is 13.4. The minimum atomic E-state index is -3.08. The first-order valence-corrected chi connectivity index (χ1v) is 7.39. The summed E-state index contributed by atoms with van der Waals surface area (Å²) >= 11 is 0. The van der Waals surface area contributed by atoms with E-state index in [-0.39, 0.29) is 24.5 Å². The third-order valence-electron chi connectivity index (χ3n) is 2.17. The highest BCUT2D eigenvalue weighted by Crippen LogP contribution is 2.03. The highest BCUT2D eigenvalue weighted by molar-refractivity contribution is 7.90. The van der Waals surface area contributed by atoms with E-state index in [1.165, 1.54) is 0 Å². The summed E-state index contributed by atoms with van der Waals surface area (Å²) in [5.41, 5.74) is 0. The smallest absolute Gasteiger partial charge is 0.326 e. The van der Waals surface area contributed by atoms with Crippen molar-refractivity contribution in [1.82, 2.24) is 5.32 Å². The number of carboxylic acid groups (broad SMARTS) is 1. The molecule has 0 saturated heterocycles. The first kappa shape index (κ1) is 15.9. The fraction of sp³-hybridized carbons (Fsp3) is 0.800. The lowest BCUT2D eigenvalue weighted by molar-refractivity contribution is -0.143. The van der Waals surface area contributed by atoms with Crippen molar-refractivity contribution in [3.8, 4) is 0 Å². The zero-order valence-corrected chi connectivity index (χ0v) is 11.1. The number of amides is 1. The van der Waals surface area contributed by atoms with Crippen LogP contribution in [0.25, 0.3) is 0 Å². The van der Waals surface area contributed by atoms with Gasteiger partial charge < -0.3 is 10.4 Å². The fourth-order valence-corrected chi connectivity index (χ4v) is 1.92. The minimum Gasteiger partial charge on any atom is -0.480 e. The molecule has 1 atom stereocenters. The zero-order valence-electron chi connectivity index (χ0n) is 10.3. The van der Waals surface area contributed by atoms with Crippen LogP contribution in [-0.4, -0.2) is 43.5 Å². The van der Waals surface area contributed by atoms with Crippen LogP contribution in [0.2, 0.25) is 0 Å². The number of rotatable bonds is 7. The van der Waals surface area contributed by atoms with Gasteiger partial charge in [0.25, 0.3) is 0 Å². The lowest BCUT2D eigenvalue weighted by Crippen LogP contribution is -2.44. The van der Waals surface area contributed by atoms with Crippen LogP contribution in [0.1, 0.15) is 26.7 Å². The number of sulfone groups is 1. The van der Waals surface area contributed by atoms with Gasteiger partial charge in [-0.2, -0.15) is 0 Å². The van der Waals surface area contributed by atoms with E-state index in [1.807, 2.05) is 0 Å². The van der Waals surface area contributed by atoms with Gasteiger partial charge in [0.2, 0.25) is 5.91 Å². The van der Waals surface area contributed by atoms with E-state index in [0.717, 1.165) is 6.26 Å². The number of hydrogen-bond acceptors (Lipinski definition) is 4. The predicted molar refractivity (Wildman–Crippen MR) is 63.3 cm³/mol. The number of carboxylic acids is 1. The van der Waals surface area contributed by atoms with Gasteiger partial charge in [0.15, 0.2) is 0 Å². The molecule has 0 aliphatic carbocycles. The Labute approximate surface area is 101 Å². The van der Waals surface area contributed by atoms with Crippen molar-refractivity contribution in [3.63, 3.8) is 0 Å². The topological polar surface area (TPSA) is 101 Å². The monoisotopic (exact) mass is 265 g/mol. The average Bonchev–Trinajstić information content (AvgIpc) is 2.10. The largest absolute Gasteiger partial charge is 0.480 e. The van der Waals surface area contributed by atoms with Crippen LogP contribution in [0.15, 0.2) is 0 Å². The highest BCUT2D eigenvalue weighted by atomic mass is 32.2. The summed E-state index contributed by atoms with van der Waals surface area (Å²) in [6.45, 7) is 3.38. The summed E-state index contributed by atoms with van der Waals surface area (Å²) in [6, 6.07) is -0.930. The van der Waals surface area contributed by atoms with E-state index in [1.54, 1.807) is 13.8 Å². The Hall–Kier alpha value is -1.11. The third kappa shape index (κ3) is 7.73. The van der Waals surface area contributed by atoms with Crippen LogP contribution < -0.4 is 5.32 Å². The van der Waals surface area contributed by atoms with Gasteiger partial charge in [0.1, 0.15) is 15.9 Å². The molecule has 1 unspecified atom stereocenters. The molecule has 0 heterocycles. The van der Waals surface area contributed by atoms with Gasteiger partial charge in [-0.3, -0.25) is 4.79 Å². The summed E-state index contributed by atoms with van der Waals surface area (Å²) < 4.78 is 21.7. The van der Waals surface area contributed by atoms with Crippen LogP contribution in [0.5, 0.6) is 0 Å². The average molecular weight is 265 g/mol. The molecule has 0 bridgehead atoms. The summed E-state index contributed by atoms with van der Waals surface area (Å²) in [7, 11) is -3.08. The fourth-order valence-electron chi connectivity index (χ4n) is 1.25. The Balaban J connectivity index is 4.13. The number of carbonyl (C=O) groups is 2. The van der Waals surface area contributed by atoms with E-state index in [2.05, 4.69) is 5.32 Å². The lowest BCUT2D eigenvalue weighted by atomic mass is 10.0. The Morgan fingerprint density at radius 2 is 1.82 bits per heavy atom. The van der Waals surface area contributed by atoms with Gasteiger partial charge in [-0.05, 0) is 12.3 Å². The minimum absolute atomic E-state index is 0.0174. The molecule has 0 fully saturated rings. The number of hydrogen-bond donors (Lipinski definition) is 2. The van der Waals surface area contributed by atoms with Gasteiger partial charge in [-0.1, -0.05) is 13.8 Å². The molecule has 0 saturated carbocycles. The quantitative estimate of drug-likeness (QED) is 0.676. The molecular weight excluding hydrogens is 246 g/mol. The van der Waals surface area contributed by atoms with Gasteiger partial charge >= 0.3 is 5.97 Å². The molecule has 17 heavy (non-hydrogen) atoms. The van der Waals surface area contributed by atoms with Crippen LogP contribution in [-0.2, 0) is 19.4 Å². The molecule has 0 aromatic carbocycles. The van der Waals surface area contributed by atoms with Crippen molar-refractivity contribution >= 4 is 21.7 Å². The van der Waals surface area contributed by atoms with E-state index in [9.17, 15) is 18.0 Å². The maximum atomic E-state index is 11.4. The lowest BCUT2D eigenvalue weighted by Gasteiger charge is -2.17. The second kappa shape index (κ2) is 6.58. The van der Waals surface area contributed by atoms with Crippen molar-refractivity contribution in [3.05, 3.63) is 0 Å². The van der Waals surface area contributed by atoms with Crippen LogP contribution >= 0.6 is 0 Å². The van der Waals surface area contributed by atoms with E-state index in [0.29, 0.717) is 0 Å². The molecule has 0 rings (SSSR count). The van der Waals surface area contributed by atoms with E-state index in [4.69, 9.17) is 5.11 Å². The highest BCUT2D eigenvalue weighted by Gasteiger charge is 2.23. The van der Waals surface area contributed by atoms with Gasteiger partial charge in [0.05, 0.1) is 5.75 Å². The maximum absolute atomic E-state index is 11.4. The molecule has 0 aliphatic rings. The summed E-state index contributed by atoms with van der Waals surface area (Å²) in [6.07, 6.45) is 1.32. The van der Waals surface area contributed by atoms with Gasteiger partial charge in [-0.25, -0.2) is 13.2 Å². The molecule has 7 heteroatoms. The molecule has 0 spiro atoms. The Bertz CT molecular complexity index is 374. The van der Waals surface area contributed by atoms with Gasteiger partial charge in [0, 0.05) is 12.7 Å². The Morgan fingerprint density at radius 1 is 1.29 bits per heavy atom. The van der Waals surface area contributed by atoms with Crippen molar-refractivity contribution in [2.75, 3.05) is 12.0 Å². The standard InChI is InChI=1S/C10H19NO5S/c1-7(2)9(10(13)14)11-8(12)5-4-6-17(3,15)16/h7,9H,4-6H2,1-3H3,(H,11,12)(H,13,14). The van der Waals surface area contributed by atoms with Crippen molar-refractivity contribution in [2.24, 2.45) is 5.92 Å². The second-order valence-corrected chi connectivity index (χ2v) is 6.62. The molecule has 2 N–H and O–H groups in total. The maximum Gasteiger partial charge on any atom is 0.326 e. The van der Waals surface area contributed by atoms with Crippen LogP contribution in [0.4, 0.5) is 0 Å². The molecule has 6 nitrogen and oxygen atoms in total. The summed E-state index contributed by atoms with van der Waals surface area (Å²) in [5, 5.41) is 11.2. The second-order valence-electron chi connectivity index (χ2n) is 4.36. The summed E-state index contributed by atoms with van der Waals surface area (Å²) in [4.78, 5) is 22.2. The number of nitrogens with one attached hydrogen (secondary N) is 1. The van der Waals surface area contributed by atoms with Crippen molar-refractivity contribution in [1.29, 1.82) is 0 Å². The van der Waals surface area contributed by atoms with Crippen LogP contribution in [0.3, 0.4) is 0 Å². The summed E-state index contributed by atoms with van der Waals surface area (Å²) in [5.74, 6) is -1.81. The first-order valence-electron chi connectivity index (χ1n) is 5.33. The molecule has 0 radical (unpaired) electrons. The van der Waals surface area contributed by atoms with Gasteiger partial charge in [-0.15, -0.1) is 0 Å². The zero-order chi connectivity index (χ0) is 13.6. The predicted octanol–water partition coefficient (Wildman–Crippen LogP) is 0.0366. The van der Waals surface area contributed by atoms with E-state index < -0.39 is 27.8 Å². The van der Waals surface area contributed by atoms with Crippen LogP contribution in [0, 0.1) is 5.92 Å². The number of carbonyl (C=O) groups excluding carboxylic acids is 1.